The first-order valence-electron chi connectivity index (χ1n) is 9.44. The Morgan fingerprint density at radius 3 is 2.76 bits per heavy atom. The predicted octanol–water partition coefficient (Wildman–Crippen LogP) is 1.72. The van der Waals surface area contributed by atoms with Crippen molar-refractivity contribution in [3.63, 3.8) is 0 Å². The van der Waals surface area contributed by atoms with E-state index in [1.165, 1.54) is 6.26 Å². The van der Waals surface area contributed by atoms with Crippen molar-refractivity contribution < 1.29 is 24.0 Å². The summed E-state index contributed by atoms with van der Waals surface area (Å²) in [5, 5.41) is 15.8. The Morgan fingerprint density at radius 1 is 1.28 bits per heavy atom. The number of carbonyl (C=O) groups is 2. The second kappa shape index (κ2) is 8.36. The largest absolute Gasteiger partial charge is 0.442 e. The van der Waals surface area contributed by atoms with Gasteiger partial charge in [-0.3, -0.25) is 9.69 Å². The minimum Gasteiger partial charge on any atom is -0.442 e. The number of aliphatic hydroxyl groups excluding tert-OH is 1. The van der Waals surface area contributed by atoms with Crippen molar-refractivity contribution in [1.29, 1.82) is 0 Å². The van der Waals surface area contributed by atoms with Crippen LogP contribution >= 0.6 is 0 Å². The van der Waals surface area contributed by atoms with Gasteiger partial charge in [-0.2, -0.15) is 0 Å². The van der Waals surface area contributed by atoms with Gasteiger partial charge in [0.05, 0.1) is 13.1 Å². The van der Waals surface area contributed by atoms with E-state index in [4.69, 9.17) is 14.4 Å². The SMILES string of the molecule is O=C(CO)N1CC=C(c2ccc(N3C[C@H](CNc4ccon4)OC3=O)cc2)CC1. The molecular formula is C20H22N4O5. The summed E-state index contributed by atoms with van der Waals surface area (Å²) >= 11 is 0. The number of cyclic esters (lactones) is 1. The first kappa shape index (κ1) is 19.0. The number of aromatic nitrogens is 1. The molecule has 1 atom stereocenters. The van der Waals surface area contributed by atoms with Crippen LogP contribution in [0.5, 0.6) is 0 Å². The number of ether oxygens (including phenoxy) is 1. The van der Waals surface area contributed by atoms with Crippen LogP contribution in [0.25, 0.3) is 5.57 Å². The molecule has 9 heteroatoms. The molecule has 1 saturated heterocycles. The van der Waals surface area contributed by atoms with Crippen LogP contribution in [-0.4, -0.2) is 66.1 Å². The summed E-state index contributed by atoms with van der Waals surface area (Å²) in [6.07, 6.45) is 3.55. The molecule has 9 nitrogen and oxygen atoms in total. The van der Waals surface area contributed by atoms with Crippen LogP contribution in [0, 0.1) is 0 Å². The van der Waals surface area contributed by atoms with Crippen LogP contribution in [-0.2, 0) is 9.53 Å². The lowest BCUT2D eigenvalue weighted by atomic mass is 9.99. The van der Waals surface area contributed by atoms with Gasteiger partial charge in [0.25, 0.3) is 0 Å². The van der Waals surface area contributed by atoms with Crippen molar-refractivity contribution >= 4 is 29.1 Å². The van der Waals surface area contributed by atoms with E-state index in [1.54, 1.807) is 15.9 Å². The van der Waals surface area contributed by atoms with Crippen LogP contribution in [0.3, 0.4) is 0 Å². The van der Waals surface area contributed by atoms with E-state index in [9.17, 15) is 9.59 Å². The van der Waals surface area contributed by atoms with Gasteiger partial charge in [0.2, 0.25) is 5.91 Å². The maximum absolute atomic E-state index is 12.2. The number of hydrogen-bond donors (Lipinski definition) is 2. The fourth-order valence-electron chi connectivity index (χ4n) is 3.47. The smallest absolute Gasteiger partial charge is 0.414 e. The molecule has 29 heavy (non-hydrogen) atoms. The van der Waals surface area contributed by atoms with Crippen molar-refractivity contribution in [3.05, 3.63) is 48.2 Å². The summed E-state index contributed by atoms with van der Waals surface area (Å²) < 4.78 is 10.2. The van der Waals surface area contributed by atoms with Gasteiger partial charge in [-0.1, -0.05) is 23.4 Å². The highest BCUT2D eigenvalue weighted by Gasteiger charge is 2.32. The summed E-state index contributed by atoms with van der Waals surface area (Å²) in [7, 11) is 0. The highest BCUT2D eigenvalue weighted by atomic mass is 16.6. The number of hydrogen-bond acceptors (Lipinski definition) is 7. The summed E-state index contributed by atoms with van der Waals surface area (Å²) in [6.45, 7) is 1.52. The molecule has 2 aliphatic heterocycles. The second-order valence-corrected chi connectivity index (χ2v) is 6.91. The molecule has 2 aliphatic rings. The fourth-order valence-corrected chi connectivity index (χ4v) is 3.47. The minimum atomic E-state index is -0.459. The third-order valence-corrected chi connectivity index (χ3v) is 5.07. The van der Waals surface area contributed by atoms with E-state index < -0.39 is 6.61 Å². The van der Waals surface area contributed by atoms with Crippen LogP contribution in [0.1, 0.15) is 12.0 Å². The Balaban J connectivity index is 1.36. The van der Waals surface area contributed by atoms with E-state index in [-0.39, 0.29) is 18.1 Å². The third-order valence-electron chi connectivity index (χ3n) is 5.07. The Bertz CT molecular complexity index is 894. The molecule has 0 aliphatic carbocycles. The molecule has 152 valence electrons. The Labute approximate surface area is 167 Å². The molecule has 2 amide bonds. The Hall–Kier alpha value is -3.33. The summed E-state index contributed by atoms with van der Waals surface area (Å²) in [6, 6.07) is 9.44. The molecule has 0 saturated carbocycles. The summed E-state index contributed by atoms with van der Waals surface area (Å²) in [4.78, 5) is 27.0. The number of carbonyl (C=O) groups excluding carboxylic acids is 2. The van der Waals surface area contributed by atoms with Gasteiger partial charge in [0.15, 0.2) is 5.82 Å². The molecule has 1 aromatic carbocycles. The molecule has 4 rings (SSSR count). The topological polar surface area (TPSA) is 108 Å². The molecular weight excluding hydrogens is 376 g/mol. The minimum absolute atomic E-state index is 0.254. The number of benzene rings is 1. The van der Waals surface area contributed by atoms with E-state index in [0.29, 0.717) is 32.0 Å². The van der Waals surface area contributed by atoms with Gasteiger partial charge >= 0.3 is 6.09 Å². The number of nitrogens with zero attached hydrogens (tertiary/aromatic N) is 3. The molecule has 0 radical (unpaired) electrons. The summed E-state index contributed by atoms with van der Waals surface area (Å²) in [5.41, 5.74) is 2.98. The lowest BCUT2D eigenvalue weighted by Crippen LogP contribution is -2.36. The number of anilines is 2. The van der Waals surface area contributed by atoms with Crippen molar-refractivity contribution in [2.75, 3.05) is 43.0 Å². The Morgan fingerprint density at radius 2 is 2.10 bits per heavy atom. The standard InChI is InChI=1S/C20H22N4O5/c25-13-19(26)23-8-5-15(6-9-23)14-1-3-16(4-2-14)24-12-17(29-20(24)27)11-21-18-7-10-28-22-18/h1-5,7,10,17,25H,6,8-9,11-13H2,(H,21,22)/t17-/m0/s1. The van der Waals surface area contributed by atoms with Crippen molar-refractivity contribution in [2.45, 2.75) is 12.5 Å². The van der Waals surface area contributed by atoms with E-state index in [0.717, 1.165) is 23.2 Å². The highest BCUT2D eigenvalue weighted by Crippen LogP contribution is 2.27. The van der Waals surface area contributed by atoms with Crippen molar-refractivity contribution in [1.82, 2.24) is 10.1 Å². The van der Waals surface area contributed by atoms with Crippen LogP contribution < -0.4 is 10.2 Å². The first-order valence-corrected chi connectivity index (χ1v) is 9.44. The Kier molecular flexibility index (Phi) is 5.48. The van der Waals surface area contributed by atoms with E-state index in [1.807, 2.05) is 30.3 Å². The average Bonchev–Trinajstić information content (AvgIpc) is 3.41. The van der Waals surface area contributed by atoms with Gasteiger partial charge in [-0.05, 0) is 29.7 Å². The molecule has 2 aromatic rings. The van der Waals surface area contributed by atoms with Crippen LogP contribution in [0.15, 0.2) is 47.2 Å². The normalized spacial score (nSPS) is 19.1. The maximum atomic E-state index is 12.2. The second-order valence-electron chi connectivity index (χ2n) is 6.91. The monoisotopic (exact) mass is 398 g/mol. The number of nitrogens with one attached hydrogen (secondary N) is 1. The molecule has 0 bridgehead atoms. The fraction of sp³-hybridized carbons (Fsp3) is 0.350. The number of amides is 2. The zero-order chi connectivity index (χ0) is 20.2. The van der Waals surface area contributed by atoms with Gasteiger partial charge in [-0.25, -0.2) is 4.79 Å². The maximum Gasteiger partial charge on any atom is 0.414 e. The molecule has 1 aromatic heterocycles. The lowest BCUT2D eigenvalue weighted by molar-refractivity contribution is -0.133. The molecule has 0 unspecified atom stereocenters. The van der Waals surface area contributed by atoms with E-state index >= 15 is 0 Å². The first-order chi connectivity index (χ1) is 14.1. The quantitative estimate of drug-likeness (QED) is 0.763. The summed E-state index contributed by atoms with van der Waals surface area (Å²) in [5.74, 6) is 0.347. The predicted molar refractivity (Wildman–Crippen MR) is 105 cm³/mol. The number of rotatable bonds is 6. The number of aliphatic hydroxyl groups is 1. The van der Waals surface area contributed by atoms with Gasteiger partial charge in [0.1, 0.15) is 19.0 Å². The molecule has 1 fully saturated rings. The van der Waals surface area contributed by atoms with Crippen molar-refractivity contribution in [3.8, 4) is 0 Å². The average molecular weight is 398 g/mol. The third kappa shape index (κ3) is 4.24. The van der Waals surface area contributed by atoms with Gasteiger partial charge < -0.3 is 24.6 Å². The van der Waals surface area contributed by atoms with Gasteiger partial charge in [-0.15, -0.1) is 0 Å². The lowest BCUT2D eigenvalue weighted by Gasteiger charge is -2.26. The van der Waals surface area contributed by atoms with E-state index in [2.05, 4.69) is 10.5 Å². The van der Waals surface area contributed by atoms with Crippen LogP contribution in [0.4, 0.5) is 16.3 Å². The molecule has 2 N–H and O–H groups in total. The highest BCUT2D eigenvalue weighted by molar-refractivity contribution is 5.90. The zero-order valence-corrected chi connectivity index (χ0v) is 15.8. The molecule has 3 heterocycles. The van der Waals surface area contributed by atoms with Gasteiger partial charge in [0, 0.05) is 24.8 Å². The van der Waals surface area contributed by atoms with Crippen molar-refractivity contribution in [2.24, 2.45) is 0 Å². The molecule has 0 spiro atoms. The van der Waals surface area contributed by atoms with Crippen LogP contribution in [0.2, 0.25) is 0 Å². The zero-order valence-electron chi connectivity index (χ0n) is 15.8.